The van der Waals surface area contributed by atoms with Crippen LogP contribution in [0, 0.1) is 11.3 Å². The van der Waals surface area contributed by atoms with Gasteiger partial charge in [-0.15, -0.1) is 0 Å². The second-order valence-electron chi connectivity index (χ2n) is 15.5. The molecule has 9 heteroatoms. The molecule has 60 heavy (non-hydrogen) atoms. The van der Waals surface area contributed by atoms with E-state index in [-0.39, 0.29) is 11.1 Å². The lowest BCUT2D eigenvalue weighted by molar-refractivity contribution is -0.137. The van der Waals surface area contributed by atoms with Gasteiger partial charge in [0, 0.05) is 73.8 Å². The average molecular weight is 785 g/mol. The molecule has 0 saturated heterocycles. The van der Waals surface area contributed by atoms with Crippen molar-refractivity contribution in [2.24, 2.45) is 14.1 Å². The van der Waals surface area contributed by atoms with E-state index in [0.717, 1.165) is 99.4 Å². The number of halogens is 3. The summed E-state index contributed by atoms with van der Waals surface area (Å²) < 4.78 is 52.8. The van der Waals surface area contributed by atoms with Crippen molar-refractivity contribution in [3.8, 4) is 28.7 Å². The Morgan fingerprint density at radius 1 is 0.500 bits per heavy atom. The number of nitriles is 1. The lowest BCUT2D eigenvalue weighted by atomic mass is 9.98. The Hall–Kier alpha value is -7.83. The normalized spacial score (nSPS) is 12.4. The average Bonchev–Trinajstić information content (AvgIpc) is 3.98. The molecular weight excluding hydrogens is 754 g/mol. The van der Waals surface area contributed by atoms with Crippen LogP contribution in [0.5, 0.6) is 0 Å². The van der Waals surface area contributed by atoms with E-state index in [0.29, 0.717) is 17.1 Å². The summed E-state index contributed by atoms with van der Waals surface area (Å²) in [6, 6.07) is 48.9. The molecule has 7 aromatic carbocycles. The molecule has 0 fully saturated rings. The number of nitrogens with zero attached hydrogens (tertiary/aromatic N) is 6. The predicted octanol–water partition coefficient (Wildman–Crippen LogP) is 13.1. The fourth-order valence-corrected chi connectivity index (χ4v) is 9.89. The van der Waals surface area contributed by atoms with Crippen molar-refractivity contribution in [3.63, 3.8) is 0 Å². The number of benzene rings is 7. The van der Waals surface area contributed by atoms with E-state index in [1.165, 1.54) is 0 Å². The summed E-state index contributed by atoms with van der Waals surface area (Å²) in [5.74, 6) is 0.532. The van der Waals surface area contributed by atoms with E-state index in [2.05, 4.69) is 99.1 Å². The molecule has 0 amide bonds. The van der Waals surface area contributed by atoms with Crippen LogP contribution >= 0.6 is 0 Å². The third-order valence-corrected chi connectivity index (χ3v) is 12.4. The molecule has 0 unspecified atom stereocenters. The minimum Gasteiger partial charge on any atom is -0.342 e. The molecule has 0 aliphatic rings. The summed E-state index contributed by atoms with van der Waals surface area (Å²) in [4.78, 5) is 5.27. The van der Waals surface area contributed by atoms with E-state index >= 15 is 0 Å². The number of fused-ring (bicyclic) bond motifs is 14. The van der Waals surface area contributed by atoms with Crippen LogP contribution in [0.1, 0.15) is 11.1 Å². The van der Waals surface area contributed by atoms with E-state index in [1.807, 2.05) is 66.7 Å². The number of para-hydroxylation sites is 4. The van der Waals surface area contributed by atoms with Crippen molar-refractivity contribution in [1.29, 1.82) is 5.26 Å². The van der Waals surface area contributed by atoms with Crippen LogP contribution in [0.2, 0.25) is 0 Å². The van der Waals surface area contributed by atoms with Gasteiger partial charge < -0.3 is 13.7 Å². The van der Waals surface area contributed by atoms with Crippen LogP contribution < -0.4 is 0 Å². The van der Waals surface area contributed by atoms with E-state index in [9.17, 15) is 18.4 Å². The summed E-state index contributed by atoms with van der Waals surface area (Å²) in [5.41, 5.74) is 8.14. The molecule has 0 aliphatic carbocycles. The molecule has 0 saturated carbocycles. The zero-order chi connectivity index (χ0) is 40.6. The van der Waals surface area contributed by atoms with Gasteiger partial charge in [-0.2, -0.15) is 18.4 Å². The standard InChI is InChI=1S/C51H31F3N6/c1-57-41-15-7-3-11-32(41)36-19-21-38-34-13-5-9-17-43(34)59(49(38)47(36)57)45-28-56-46(26-40(45)30-23-29(27-55)24-31(25-30)51(52,53)54)60-44-18-10-6-14-35(44)39-22-20-37-33-12-4-8-16-42(33)58(2)48(37)50(39)60/h3-26,28H,1-2H3. The Balaban J connectivity index is 1.26. The maximum Gasteiger partial charge on any atom is 0.416 e. The molecule has 0 N–H and O–H groups in total. The Bertz CT molecular complexity index is 3870. The topological polar surface area (TPSA) is 56.4 Å². The first kappa shape index (κ1) is 34.2. The molecule has 5 aromatic heterocycles. The number of aromatic nitrogens is 5. The highest BCUT2D eigenvalue weighted by molar-refractivity contribution is 6.24. The van der Waals surface area contributed by atoms with Gasteiger partial charge in [0.1, 0.15) is 5.82 Å². The van der Waals surface area contributed by atoms with Crippen molar-refractivity contribution in [2.75, 3.05) is 0 Å². The summed E-state index contributed by atoms with van der Waals surface area (Å²) in [7, 11) is 4.12. The van der Waals surface area contributed by atoms with Crippen LogP contribution in [0.15, 0.2) is 152 Å². The molecule has 0 aliphatic heterocycles. The fraction of sp³-hybridized carbons (Fsp3) is 0.0588. The quantitative estimate of drug-likeness (QED) is 0.179. The molecule has 286 valence electrons. The second-order valence-corrected chi connectivity index (χ2v) is 15.5. The van der Waals surface area contributed by atoms with Crippen LogP contribution in [0.3, 0.4) is 0 Å². The maximum absolute atomic E-state index is 14.7. The van der Waals surface area contributed by atoms with Gasteiger partial charge in [0.15, 0.2) is 0 Å². The number of alkyl halides is 3. The molecule has 12 aromatic rings. The van der Waals surface area contributed by atoms with Crippen LogP contribution in [0.4, 0.5) is 13.2 Å². The number of hydrogen-bond donors (Lipinski definition) is 0. The van der Waals surface area contributed by atoms with Crippen molar-refractivity contribution in [2.45, 2.75) is 6.18 Å². The first-order valence-electron chi connectivity index (χ1n) is 19.6. The molecule has 0 radical (unpaired) electrons. The largest absolute Gasteiger partial charge is 0.416 e. The number of rotatable bonds is 3. The van der Waals surface area contributed by atoms with Gasteiger partial charge in [-0.25, -0.2) is 4.98 Å². The van der Waals surface area contributed by atoms with Crippen LogP contribution in [0.25, 0.3) is 110 Å². The van der Waals surface area contributed by atoms with Gasteiger partial charge in [-0.3, -0.25) is 4.57 Å². The summed E-state index contributed by atoms with van der Waals surface area (Å²) in [5, 5.41) is 18.6. The highest BCUT2D eigenvalue weighted by Crippen LogP contribution is 2.45. The van der Waals surface area contributed by atoms with Crippen molar-refractivity contribution >= 4 is 87.2 Å². The summed E-state index contributed by atoms with van der Waals surface area (Å²) >= 11 is 0. The maximum atomic E-state index is 14.7. The van der Waals surface area contributed by atoms with Crippen molar-refractivity contribution in [1.82, 2.24) is 23.3 Å². The Morgan fingerprint density at radius 3 is 1.47 bits per heavy atom. The Labute approximate surface area is 339 Å². The minimum absolute atomic E-state index is 0.0866. The third kappa shape index (κ3) is 4.56. The van der Waals surface area contributed by atoms with Gasteiger partial charge in [0.2, 0.25) is 0 Å². The van der Waals surface area contributed by atoms with Crippen molar-refractivity contribution < 1.29 is 13.2 Å². The summed E-state index contributed by atoms with van der Waals surface area (Å²) in [6.07, 6.45) is -2.90. The summed E-state index contributed by atoms with van der Waals surface area (Å²) in [6.45, 7) is 0. The van der Waals surface area contributed by atoms with Crippen LogP contribution in [-0.2, 0) is 20.3 Å². The molecular formula is C51H31F3N6. The first-order chi connectivity index (χ1) is 29.2. The SMILES string of the molecule is Cn1c2ccccc2c2ccc3c4ccccc4n(-c4cc(-c5cc(C#N)cc(C(F)(F)F)c5)c(-n5c6ccccc6c6ccc7c8ccccc8n(C)c7c65)cn4)c3c21. The lowest BCUT2D eigenvalue weighted by Crippen LogP contribution is -2.07. The zero-order valence-electron chi connectivity index (χ0n) is 32.3. The molecule has 0 atom stereocenters. The Morgan fingerprint density at radius 2 is 0.950 bits per heavy atom. The molecule has 0 bridgehead atoms. The first-order valence-corrected chi connectivity index (χ1v) is 19.6. The monoisotopic (exact) mass is 784 g/mol. The number of pyridine rings is 1. The molecule has 12 rings (SSSR count). The fourth-order valence-electron chi connectivity index (χ4n) is 9.89. The molecule has 0 spiro atoms. The third-order valence-electron chi connectivity index (χ3n) is 12.4. The smallest absolute Gasteiger partial charge is 0.342 e. The van der Waals surface area contributed by atoms with Crippen molar-refractivity contribution in [3.05, 3.63) is 163 Å². The van der Waals surface area contributed by atoms with Gasteiger partial charge >= 0.3 is 6.18 Å². The highest BCUT2D eigenvalue weighted by Gasteiger charge is 2.32. The minimum atomic E-state index is -4.69. The van der Waals surface area contributed by atoms with E-state index < -0.39 is 11.7 Å². The zero-order valence-corrected chi connectivity index (χ0v) is 32.3. The van der Waals surface area contributed by atoms with E-state index in [1.54, 1.807) is 12.3 Å². The predicted molar refractivity (Wildman–Crippen MR) is 236 cm³/mol. The number of hydrogen-bond acceptors (Lipinski definition) is 2. The number of aryl methyl sites for hydroxylation is 2. The Kier molecular flexibility index (Phi) is 6.90. The van der Waals surface area contributed by atoms with Gasteiger partial charge in [-0.1, -0.05) is 97.1 Å². The van der Waals surface area contributed by atoms with E-state index in [4.69, 9.17) is 4.98 Å². The van der Waals surface area contributed by atoms with Gasteiger partial charge in [0.05, 0.1) is 62.2 Å². The molecule has 6 nitrogen and oxygen atoms in total. The van der Waals surface area contributed by atoms with Gasteiger partial charge in [0.25, 0.3) is 0 Å². The second kappa shape index (κ2) is 12.1. The van der Waals surface area contributed by atoms with Crippen LogP contribution in [-0.4, -0.2) is 23.3 Å². The van der Waals surface area contributed by atoms with Gasteiger partial charge in [-0.05, 0) is 54.1 Å². The highest BCUT2D eigenvalue weighted by atomic mass is 19.4. The molecule has 5 heterocycles. The lowest BCUT2D eigenvalue weighted by Gasteiger charge is -2.18.